The van der Waals surface area contributed by atoms with Crippen LogP contribution in [0.3, 0.4) is 0 Å². The Morgan fingerprint density at radius 1 is 1.12 bits per heavy atom. The zero-order valence-corrected chi connectivity index (χ0v) is 15.1. The maximum atomic E-state index is 12.5. The van der Waals surface area contributed by atoms with E-state index in [4.69, 9.17) is 9.72 Å². The van der Waals surface area contributed by atoms with E-state index in [0.29, 0.717) is 32.1 Å². The molecule has 1 aliphatic carbocycles. The Labute approximate surface area is 152 Å². The molecule has 0 atom stereocenters. The minimum Gasteiger partial charge on any atom is -0.378 e. The number of carbonyl (C=O) groups is 1. The molecule has 0 unspecified atom stereocenters. The molecule has 1 fully saturated rings. The normalized spacial score (nSPS) is 17.4. The highest BCUT2D eigenvalue weighted by atomic mass is 32.2. The van der Waals surface area contributed by atoms with Crippen molar-refractivity contribution < 1.29 is 9.53 Å². The molecule has 1 amide bonds. The maximum absolute atomic E-state index is 12.5. The van der Waals surface area contributed by atoms with Crippen molar-refractivity contribution in [2.45, 2.75) is 30.8 Å². The van der Waals surface area contributed by atoms with Crippen molar-refractivity contribution in [2.75, 3.05) is 32.1 Å². The second-order valence-electron chi connectivity index (χ2n) is 6.45. The number of fused-ring (bicyclic) bond motifs is 1. The van der Waals surface area contributed by atoms with E-state index < -0.39 is 0 Å². The van der Waals surface area contributed by atoms with Gasteiger partial charge in [0.15, 0.2) is 5.16 Å². The number of benzene rings is 1. The second kappa shape index (κ2) is 7.62. The van der Waals surface area contributed by atoms with Gasteiger partial charge in [-0.1, -0.05) is 30.0 Å². The van der Waals surface area contributed by atoms with Gasteiger partial charge in [0.05, 0.1) is 24.7 Å². The minimum absolute atomic E-state index is 0.175. The van der Waals surface area contributed by atoms with Crippen molar-refractivity contribution in [3.05, 3.63) is 41.7 Å². The molecule has 6 heteroatoms. The molecule has 0 radical (unpaired) electrons. The number of hydrogen-bond acceptors (Lipinski definition) is 4. The minimum atomic E-state index is 0.175. The lowest BCUT2D eigenvalue weighted by Gasteiger charge is -2.26. The Morgan fingerprint density at radius 3 is 2.68 bits per heavy atom. The van der Waals surface area contributed by atoms with Gasteiger partial charge in [-0.2, -0.15) is 0 Å². The van der Waals surface area contributed by atoms with Gasteiger partial charge < -0.3 is 9.64 Å². The van der Waals surface area contributed by atoms with Crippen molar-refractivity contribution in [1.29, 1.82) is 0 Å². The number of aryl methyl sites for hydroxylation is 1. The molecular weight excluding hydrogens is 334 g/mol. The van der Waals surface area contributed by atoms with Crippen LogP contribution in [-0.4, -0.2) is 52.4 Å². The Hall–Kier alpha value is -1.79. The van der Waals surface area contributed by atoms with Gasteiger partial charge in [-0.3, -0.25) is 9.36 Å². The average molecular weight is 357 g/mol. The average Bonchev–Trinajstić information content (AvgIpc) is 3.06. The molecule has 4 rings (SSSR count). The molecule has 5 nitrogen and oxygen atoms in total. The van der Waals surface area contributed by atoms with E-state index >= 15 is 0 Å². The summed E-state index contributed by atoms with van der Waals surface area (Å²) >= 11 is 1.56. The largest absolute Gasteiger partial charge is 0.378 e. The van der Waals surface area contributed by atoms with Crippen LogP contribution in [0.5, 0.6) is 0 Å². The highest BCUT2D eigenvalue weighted by Crippen LogP contribution is 2.30. The summed E-state index contributed by atoms with van der Waals surface area (Å²) in [5.41, 5.74) is 3.66. The van der Waals surface area contributed by atoms with Crippen LogP contribution in [0.2, 0.25) is 0 Å². The van der Waals surface area contributed by atoms with E-state index in [1.807, 2.05) is 11.0 Å². The lowest BCUT2D eigenvalue weighted by molar-refractivity contribution is -0.132. The summed E-state index contributed by atoms with van der Waals surface area (Å²) in [7, 11) is 0. The fourth-order valence-electron chi connectivity index (χ4n) is 3.49. The molecule has 2 aliphatic rings. The van der Waals surface area contributed by atoms with Gasteiger partial charge in [0, 0.05) is 24.5 Å². The Kier molecular flexibility index (Phi) is 5.08. The molecular formula is C19H23N3O2S. The summed E-state index contributed by atoms with van der Waals surface area (Å²) < 4.78 is 7.58. The number of amides is 1. The topological polar surface area (TPSA) is 47.4 Å². The first kappa shape index (κ1) is 16.7. The van der Waals surface area contributed by atoms with Crippen molar-refractivity contribution in [2.24, 2.45) is 0 Å². The van der Waals surface area contributed by atoms with E-state index in [-0.39, 0.29) is 5.91 Å². The quantitative estimate of drug-likeness (QED) is 0.790. The molecule has 2 heterocycles. The fourth-order valence-corrected chi connectivity index (χ4v) is 4.44. The van der Waals surface area contributed by atoms with Crippen LogP contribution >= 0.6 is 11.8 Å². The van der Waals surface area contributed by atoms with Gasteiger partial charge in [-0.15, -0.1) is 0 Å². The number of hydrogen-bond donors (Lipinski definition) is 0. The number of nitrogens with zero attached hydrogens (tertiary/aromatic N) is 3. The molecule has 0 bridgehead atoms. The SMILES string of the molecule is O=C(CSc1nc2c(n1-c1ccccc1)CCCC2)N1CCOCC1. The highest BCUT2D eigenvalue weighted by molar-refractivity contribution is 7.99. The zero-order valence-electron chi connectivity index (χ0n) is 14.3. The van der Waals surface area contributed by atoms with E-state index in [0.717, 1.165) is 23.7 Å². The van der Waals surface area contributed by atoms with Gasteiger partial charge in [-0.05, 0) is 37.8 Å². The fraction of sp³-hybridized carbons (Fsp3) is 0.474. The van der Waals surface area contributed by atoms with Crippen LogP contribution < -0.4 is 0 Å². The van der Waals surface area contributed by atoms with Gasteiger partial charge in [0.2, 0.25) is 5.91 Å². The van der Waals surface area contributed by atoms with Crippen molar-refractivity contribution >= 4 is 17.7 Å². The standard InChI is InChI=1S/C19H23N3O2S/c23-18(21-10-12-24-13-11-21)14-25-19-20-16-8-4-5-9-17(16)22(19)15-6-2-1-3-7-15/h1-3,6-7H,4-5,8-14H2. The number of ether oxygens (including phenoxy) is 1. The third-order valence-electron chi connectivity index (χ3n) is 4.81. The number of para-hydroxylation sites is 1. The first-order valence-corrected chi connectivity index (χ1v) is 9.96. The summed E-state index contributed by atoms with van der Waals surface area (Å²) in [6, 6.07) is 10.4. The molecule has 0 saturated carbocycles. The summed E-state index contributed by atoms with van der Waals surface area (Å²) in [5, 5.41) is 0.944. The maximum Gasteiger partial charge on any atom is 0.233 e. The van der Waals surface area contributed by atoms with Crippen molar-refractivity contribution in [3.8, 4) is 5.69 Å². The van der Waals surface area contributed by atoms with Gasteiger partial charge >= 0.3 is 0 Å². The predicted octanol–water partition coefficient (Wildman–Crippen LogP) is 2.70. The van der Waals surface area contributed by atoms with Crippen molar-refractivity contribution in [1.82, 2.24) is 14.5 Å². The summed E-state index contributed by atoms with van der Waals surface area (Å²) in [6.07, 6.45) is 4.52. The van der Waals surface area contributed by atoms with E-state index in [2.05, 4.69) is 28.8 Å². The zero-order chi connectivity index (χ0) is 17.1. The summed E-state index contributed by atoms with van der Waals surface area (Å²) in [4.78, 5) is 19.2. The number of carbonyl (C=O) groups excluding carboxylic acids is 1. The van der Waals surface area contributed by atoms with Crippen LogP contribution in [0.25, 0.3) is 5.69 Å². The first-order valence-electron chi connectivity index (χ1n) is 8.97. The molecule has 1 saturated heterocycles. The predicted molar refractivity (Wildman–Crippen MR) is 98.3 cm³/mol. The first-order chi connectivity index (χ1) is 12.3. The van der Waals surface area contributed by atoms with Gasteiger partial charge in [-0.25, -0.2) is 4.98 Å². The third kappa shape index (κ3) is 3.60. The van der Waals surface area contributed by atoms with E-state index in [1.165, 1.54) is 24.2 Å². The summed E-state index contributed by atoms with van der Waals surface area (Å²) in [6.45, 7) is 2.68. The summed E-state index contributed by atoms with van der Waals surface area (Å²) in [5.74, 6) is 0.608. The highest BCUT2D eigenvalue weighted by Gasteiger charge is 2.23. The Balaban J connectivity index is 1.56. The molecule has 132 valence electrons. The number of rotatable bonds is 4. The van der Waals surface area contributed by atoms with Crippen LogP contribution in [0, 0.1) is 0 Å². The third-order valence-corrected chi connectivity index (χ3v) is 5.73. The lowest BCUT2D eigenvalue weighted by Crippen LogP contribution is -2.41. The Bertz CT molecular complexity index is 739. The lowest BCUT2D eigenvalue weighted by atomic mass is 10.0. The number of morpholine rings is 1. The van der Waals surface area contributed by atoms with Crippen LogP contribution in [0.15, 0.2) is 35.5 Å². The van der Waals surface area contributed by atoms with Gasteiger partial charge in [0.25, 0.3) is 0 Å². The van der Waals surface area contributed by atoms with Crippen LogP contribution in [-0.2, 0) is 22.4 Å². The van der Waals surface area contributed by atoms with E-state index in [9.17, 15) is 4.79 Å². The van der Waals surface area contributed by atoms with Gasteiger partial charge in [0.1, 0.15) is 0 Å². The smallest absolute Gasteiger partial charge is 0.233 e. The molecule has 0 spiro atoms. The molecule has 0 N–H and O–H groups in total. The van der Waals surface area contributed by atoms with E-state index in [1.54, 1.807) is 11.8 Å². The molecule has 1 aromatic heterocycles. The Morgan fingerprint density at radius 2 is 1.88 bits per heavy atom. The molecule has 1 aromatic carbocycles. The number of imidazole rings is 1. The van der Waals surface area contributed by atoms with Crippen LogP contribution in [0.4, 0.5) is 0 Å². The van der Waals surface area contributed by atoms with Crippen LogP contribution in [0.1, 0.15) is 24.2 Å². The van der Waals surface area contributed by atoms with Crippen molar-refractivity contribution in [3.63, 3.8) is 0 Å². The monoisotopic (exact) mass is 357 g/mol. The molecule has 2 aromatic rings. The second-order valence-corrected chi connectivity index (χ2v) is 7.39. The number of aromatic nitrogens is 2. The molecule has 1 aliphatic heterocycles. The molecule has 25 heavy (non-hydrogen) atoms. The number of thioether (sulfide) groups is 1.